The normalized spacial score (nSPS) is 23.7. The fourth-order valence-corrected chi connectivity index (χ4v) is 4.11. The second kappa shape index (κ2) is 8.00. The van der Waals surface area contributed by atoms with Crippen molar-refractivity contribution in [3.8, 4) is 23.7 Å². The molecular weight excluding hydrogens is 429 g/mol. The predicted molar refractivity (Wildman–Crippen MR) is 107 cm³/mol. The van der Waals surface area contributed by atoms with Crippen molar-refractivity contribution in [2.75, 3.05) is 19.4 Å². The van der Waals surface area contributed by atoms with E-state index in [0.29, 0.717) is 11.3 Å². The van der Waals surface area contributed by atoms with Gasteiger partial charge < -0.3 is 10.0 Å². The third-order valence-corrected chi connectivity index (χ3v) is 7.80. The van der Waals surface area contributed by atoms with Crippen LogP contribution in [-0.4, -0.2) is 70.0 Å². The van der Waals surface area contributed by atoms with E-state index < -0.39 is 44.7 Å². The number of hydroxylamine groups is 1. The Balaban J connectivity index is 1.64. The number of aliphatic hydroxyl groups is 1. The van der Waals surface area contributed by atoms with E-state index in [2.05, 4.69) is 23.7 Å². The molecule has 2 amide bonds. The summed E-state index contributed by atoms with van der Waals surface area (Å²) in [6.45, 7) is 0.828. The summed E-state index contributed by atoms with van der Waals surface area (Å²) in [5, 5.41) is 17.7. The molecule has 0 bridgehead atoms. The average molecular weight is 451 g/mol. The number of aliphatic hydroxyl groups excluding tert-OH is 1. The van der Waals surface area contributed by atoms with Gasteiger partial charge in [0.25, 0.3) is 5.91 Å². The Morgan fingerprint density at radius 3 is 2.71 bits per heavy atom. The molecule has 11 heteroatoms. The van der Waals surface area contributed by atoms with E-state index in [-0.39, 0.29) is 25.9 Å². The monoisotopic (exact) mass is 451 g/mol. The first kappa shape index (κ1) is 22.8. The maximum absolute atomic E-state index is 13.6. The Morgan fingerprint density at radius 1 is 1.45 bits per heavy atom. The van der Waals surface area contributed by atoms with Crippen molar-refractivity contribution < 1.29 is 32.7 Å². The Hall–Kier alpha value is -2.86. The fourth-order valence-electron chi connectivity index (χ4n) is 3.26. The number of sulfone groups is 1. The lowest BCUT2D eigenvalue weighted by molar-refractivity contribution is -0.131. The van der Waals surface area contributed by atoms with Crippen LogP contribution in [0.2, 0.25) is 0 Å². The second-order valence-electron chi connectivity index (χ2n) is 7.96. The Bertz CT molecular complexity index is 1150. The summed E-state index contributed by atoms with van der Waals surface area (Å²) >= 11 is 0. The number of rotatable bonds is 6. The second-order valence-corrected chi connectivity index (χ2v) is 10.4. The topological polar surface area (TPSA) is 129 Å². The van der Waals surface area contributed by atoms with E-state index in [1.165, 1.54) is 28.1 Å². The van der Waals surface area contributed by atoms with Crippen LogP contribution in [0.5, 0.6) is 0 Å². The van der Waals surface area contributed by atoms with E-state index in [4.69, 9.17) is 10.3 Å². The van der Waals surface area contributed by atoms with Crippen molar-refractivity contribution in [2.24, 2.45) is 5.92 Å². The lowest BCUT2D eigenvalue weighted by Gasteiger charge is -2.27. The molecule has 166 valence electrons. The highest BCUT2D eigenvalue weighted by molar-refractivity contribution is 7.92. The van der Waals surface area contributed by atoms with Crippen LogP contribution < -0.4 is 5.48 Å². The van der Waals surface area contributed by atoms with Crippen LogP contribution in [0, 0.1) is 29.6 Å². The molecule has 1 saturated carbocycles. The number of hydrogen-bond donors (Lipinski definition) is 3. The third-order valence-electron chi connectivity index (χ3n) is 5.77. The number of hydrogen-bond acceptors (Lipinski definition) is 6. The highest BCUT2D eigenvalue weighted by atomic mass is 32.2. The molecule has 1 aliphatic carbocycles. The maximum atomic E-state index is 13.6. The number of halogens is 1. The van der Waals surface area contributed by atoms with Gasteiger partial charge >= 0.3 is 6.03 Å². The number of fused-ring (bicyclic) bond motifs is 1. The average Bonchev–Trinajstić information content (AvgIpc) is 3.05. The maximum Gasteiger partial charge on any atom is 0.328 e. The van der Waals surface area contributed by atoms with E-state index in [0.717, 1.165) is 6.26 Å². The zero-order valence-electron chi connectivity index (χ0n) is 17.0. The molecule has 0 spiro atoms. The summed E-state index contributed by atoms with van der Waals surface area (Å²) in [5.41, 5.74) is 0.940. The molecule has 1 unspecified atom stereocenters. The molecule has 0 radical (unpaired) electrons. The molecule has 2 heterocycles. The lowest BCUT2D eigenvalue weighted by Crippen LogP contribution is -2.50. The molecular formula is C20H22FN3O6S. The molecule has 1 aliphatic heterocycles. The van der Waals surface area contributed by atoms with Crippen LogP contribution in [0.3, 0.4) is 0 Å². The molecule has 1 aromatic heterocycles. The van der Waals surface area contributed by atoms with Crippen molar-refractivity contribution in [1.29, 1.82) is 0 Å². The Kier molecular flexibility index (Phi) is 5.89. The summed E-state index contributed by atoms with van der Waals surface area (Å²) in [4.78, 5) is 25.9. The van der Waals surface area contributed by atoms with Crippen LogP contribution >= 0.6 is 0 Å². The van der Waals surface area contributed by atoms with Crippen LogP contribution in [0.15, 0.2) is 12.3 Å². The molecule has 3 N–H and O–H groups in total. The van der Waals surface area contributed by atoms with Gasteiger partial charge in [0.1, 0.15) is 5.67 Å². The molecule has 3 atom stereocenters. The van der Waals surface area contributed by atoms with E-state index in [1.54, 1.807) is 6.07 Å². The highest BCUT2D eigenvalue weighted by Gasteiger charge is 2.54. The van der Waals surface area contributed by atoms with E-state index in [1.807, 2.05) is 0 Å². The van der Waals surface area contributed by atoms with Crippen molar-refractivity contribution in [1.82, 2.24) is 14.9 Å². The van der Waals surface area contributed by atoms with Crippen molar-refractivity contribution in [3.63, 3.8) is 0 Å². The van der Waals surface area contributed by atoms with Crippen molar-refractivity contribution in [2.45, 2.75) is 36.7 Å². The van der Waals surface area contributed by atoms with Gasteiger partial charge in [-0.05, 0) is 31.3 Å². The van der Waals surface area contributed by atoms with Gasteiger partial charge in [0.15, 0.2) is 14.6 Å². The number of aromatic nitrogens is 1. The number of amides is 2. The first-order valence-corrected chi connectivity index (χ1v) is 11.3. The minimum atomic E-state index is -3.85. The summed E-state index contributed by atoms with van der Waals surface area (Å²) in [6, 6.07) is 1.30. The van der Waals surface area contributed by atoms with Crippen molar-refractivity contribution >= 4 is 21.8 Å². The van der Waals surface area contributed by atoms with Crippen LogP contribution in [0.4, 0.5) is 9.18 Å². The molecule has 1 aromatic rings. The summed E-state index contributed by atoms with van der Waals surface area (Å²) < 4.78 is 37.1. The third kappa shape index (κ3) is 4.30. The van der Waals surface area contributed by atoms with Crippen LogP contribution in [-0.2, 0) is 21.2 Å². The van der Waals surface area contributed by atoms with Gasteiger partial charge in [0, 0.05) is 36.7 Å². The molecule has 31 heavy (non-hydrogen) atoms. The number of carbonyl (C=O) groups excluding carboxylic acids is 2. The largest absolute Gasteiger partial charge is 0.393 e. The first-order chi connectivity index (χ1) is 14.4. The SMILES string of the molecule is CC(CCN1Cc2cc(C#CC#C[C@@H]3C[C@@]3(F)CO)cn2C1=O)(C(=O)NO)S(C)(=O)=O. The minimum Gasteiger partial charge on any atom is -0.393 e. The zero-order valence-corrected chi connectivity index (χ0v) is 17.8. The first-order valence-electron chi connectivity index (χ1n) is 9.41. The standard InChI is InChI=1S/C20H22FN3O6S/c1-19(17(26)22-28,31(2,29)30)7-8-23-12-16-9-14(11-24(16)18(23)27)5-3-4-6-15-10-20(15,21)13-25/h9,11,15,25,28H,7-8,10,12-13H2,1-2H3,(H,22,26)/t15-,19?,20-/m1/s1. The van der Waals surface area contributed by atoms with Gasteiger partial charge in [-0.15, -0.1) is 0 Å². The Morgan fingerprint density at radius 2 is 2.16 bits per heavy atom. The lowest BCUT2D eigenvalue weighted by atomic mass is 10.1. The number of carbonyl (C=O) groups is 2. The van der Waals surface area contributed by atoms with Gasteiger partial charge in [-0.3, -0.25) is 14.6 Å². The molecule has 9 nitrogen and oxygen atoms in total. The molecule has 0 aromatic carbocycles. The van der Waals surface area contributed by atoms with E-state index in [9.17, 15) is 22.4 Å². The molecule has 3 rings (SSSR count). The minimum absolute atomic E-state index is 0.0127. The summed E-state index contributed by atoms with van der Waals surface area (Å²) in [7, 11) is -3.85. The van der Waals surface area contributed by atoms with Gasteiger partial charge in [-0.1, -0.05) is 11.8 Å². The van der Waals surface area contributed by atoms with Crippen molar-refractivity contribution in [3.05, 3.63) is 23.5 Å². The van der Waals surface area contributed by atoms with Crippen LogP contribution in [0.1, 0.15) is 31.0 Å². The van der Waals surface area contributed by atoms with Gasteiger partial charge in [0.2, 0.25) is 0 Å². The van der Waals surface area contributed by atoms with Gasteiger partial charge in [-0.25, -0.2) is 23.1 Å². The smallest absolute Gasteiger partial charge is 0.328 e. The summed E-state index contributed by atoms with van der Waals surface area (Å²) in [5.74, 6) is 9.01. The van der Waals surface area contributed by atoms with E-state index >= 15 is 0 Å². The number of nitrogens with one attached hydrogen (secondary N) is 1. The van der Waals surface area contributed by atoms with Gasteiger partial charge in [-0.2, -0.15) is 0 Å². The molecule has 1 fully saturated rings. The molecule has 0 saturated heterocycles. The fraction of sp³-hybridized carbons (Fsp3) is 0.500. The zero-order chi connectivity index (χ0) is 23.0. The Labute approximate surface area is 179 Å². The summed E-state index contributed by atoms with van der Waals surface area (Å²) in [6.07, 6.45) is 2.42. The van der Waals surface area contributed by atoms with Gasteiger partial charge in [0.05, 0.1) is 19.1 Å². The van der Waals surface area contributed by atoms with Crippen LogP contribution in [0.25, 0.3) is 0 Å². The highest BCUT2D eigenvalue weighted by Crippen LogP contribution is 2.46. The molecule has 2 aliphatic rings. The predicted octanol–water partition coefficient (Wildman–Crippen LogP) is 0.0460. The number of alkyl halides is 1. The number of nitrogens with zero attached hydrogens (tertiary/aromatic N) is 2. The quantitative estimate of drug-likeness (QED) is 0.318.